The molecule has 6 heteroatoms. The molecule has 0 radical (unpaired) electrons. The van der Waals surface area contributed by atoms with Gasteiger partial charge in [-0.25, -0.2) is 4.79 Å². The Morgan fingerprint density at radius 2 is 2.05 bits per heavy atom. The fraction of sp³-hybridized carbons (Fsp3) is 0.200. The van der Waals surface area contributed by atoms with Gasteiger partial charge < -0.3 is 15.6 Å². The van der Waals surface area contributed by atoms with Crippen LogP contribution in [0.15, 0.2) is 36.7 Å². The zero-order valence-corrected chi connectivity index (χ0v) is 12.0. The van der Waals surface area contributed by atoms with Crippen molar-refractivity contribution in [3.05, 3.63) is 52.8 Å². The lowest BCUT2D eigenvalue weighted by atomic mass is 10.1. The van der Waals surface area contributed by atoms with E-state index in [4.69, 9.17) is 27.2 Å². The van der Waals surface area contributed by atoms with Crippen LogP contribution in [0.4, 0.5) is 5.69 Å². The van der Waals surface area contributed by atoms with E-state index in [0.29, 0.717) is 12.3 Å². The number of aromatic nitrogens is 1. The summed E-state index contributed by atoms with van der Waals surface area (Å²) in [6.45, 7) is 0.367. The topological polar surface area (TPSA) is 85.4 Å². The first-order valence-corrected chi connectivity index (χ1v) is 6.79. The average Bonchev–Trinajstić information content (AvgIpc) is 2.45. The number of hydrogen-bond acceptors (Lipinski definition) is 4. The van der Waals surface area contributed by atoms with Crippen molar-refractivity contribution in [3.8, 4) is 5.75 Å². The van der Waals surface area contributed by atoms with E-state index in [2.05, 4.69) is 4.98 Å². The number of ether oxygens (including phenoxy) is 1. The van der Waals surface area contributed by atoms with Crippen LogP contribution in [0.2, 0.25) is 5.02 Å². The Bertz CT molecular complexity index is 632. The zero-order valence-electron chi connectivity index (χ0n) is 11.3. The number of hydrogen-bond donors (Lipinski definition) is 2. The van der Waals surface area contributed by atoms with E-state index in [1.807, 2.05) is 12.1 Å². The molecule has 2 aromatic rings. The molecule has 1 aromatic heterocycles. The lowest BCUT2D eigenvalue weighted by Crippen LogP contribution is -2.07. The average molecular weight is 307 g/mol. The summed E-state index contributed by atoms with van der Waals surface area (Å²) in [4.78, 5) is 15.1. The van der Waals surface area contributed by atoms with E-state index >= 15 is 0 Å². The summed E-state index contributed by atoms with van der Waals surface area (Å²) in [6.07, 6.45) is 5.02. The summed E-state index contributed by atoms with van der Waals surface area (Å²) in [7, 11) is 0. The quantitative estimate of drug-likeness (QED) is 0.633. The molecule has 3 N–H and O–H groups in total. The molecule has 2 rings (SSSR count). The van der Waals surface area contributed by atoms with Crippen molar-refractivity contribution in [3.63, 3.8) is 0 Å². The predicted molar refractivity (Wildman–Crippen MR) is 80.9 cm³/mol. The van der Waals surface area contributed by atoms with Gasteiger partial charge in [0, 0.05) is 18.1 Å². The van der Waals surface area contributed by atoms with Crippen LogP contribution in [-0.2, 0) is 6.42 Å². The Morgan fingerprint density at radius 1 is 1.33 bits per heavy atom. The number of rotatable bonds is 6. The Balaban J connectivity index is 1.98. The fourth-order valence-corrected chi connectivity index (χ4v) is 2.20. The molecule has 0 unspecified atom stereocenters. The van der Waals surface area contributed by atoms with Gasteiger partial charge in [-0.15, -0.1) is 0 Å². The maximum Gasteiger partial charge on any atom is 0.339 e. The highest BCUT2D eigenvalue weighted by Gasteiger charge is 2.16. The van der Waals surface area contributed by atoms with Crippen LogP contribution >= 0.6 is 11.6 Å². The summed E-state index contributed by atoms with van der Waals surface area (Å²) in [5.41, 5.74) is 7.01. The SMILES string of the molecule is Nc1cc(Cl)c(OCCCc2ccncc2)c(C(=O)O)c1. The summed E-state index contributed by atoms with van der Waals surface area (Å²) >= 11 is 6.00. The number of nitrogen functional groups attached to an aromatic ring is 1. The van der Waals surface area contributed by atoms with Crippen LogP contribution in [0.3, 0.4) is 0 Å². The standard InChI is InChI=1S/C15H15ClN2O3/c16-13-9-11(17)8-12(15(19)20)14(13)21-7-1-2-10-3-5-18-6-4-10/h3-6,8-9H,1-2,7,17H2,(H,19,20). The van der Waals surface area contributed by atoms with Gasteiger partial charge >= 0.3 is 5.97 Å². The number of carboxylic acids is 1. The van der Waals surface area contributed by atoms with Crippen molar-refractivity contribution < 1.29 is 14.6 Å². The van der Waals surface area contributed by atoms with Gasteiger partial charge in [0.2, 0.25) is 0 Å². The molecule has 1 aromatic carbocycles. The van der Waals surface area contributed by atoms with Crippen LogP contribution in [-0.4, -0.2) is 22.7 Å². The summed E-state index contributed by atoms with van der Waals surface area (Å²) in [5.74, 6) is -0.957. The van der Waals surface area contributed by atoms with Gasteiger partial charge in [-0.2, -0.15) is 0 Å². The lowest BCUT2D eigenvalue weighted by molar-refractivity contribution is 0.0692. The van der Waals surface area contributed by atoms with Gasteiger partial charge in [-0.1, -0.05) is 11.6 Å². The number of aromatic carboxylic acids is 1. The fourth-order valence-electron chi connectivity index (χ4n) is 1.92. The minimum absolute atomic E-state index is 0.0242. The molecule has 0 bridgehead atoms. The number of carboxylic acid groups (broad SMARTS) is 1. The number of carbonyl (C=O) groups is 1. The molecule has 0 fully saturated rings. The van der Waals surface area contributed by atoms with Crippen LogP contribution in [0.5, 0.6) is 5.75 Å². The largest absolute Gasteiger partial charge is 0.491 e. The molecular formula is C15H15ClN2O3. The molecule has 1 heterocycles. The molecule has 0 aliphatic carbocycles. The number of nitrogens with two attached hydrogens (primary N) is 1. The Morgan fingerprint density at radius 3 is 2.71 bits per heavy atom. The van der Waals surface area contributed by atoms with Gasteiger partial charge in [0.15, 0.2) is 5.75 Å². The highest BCUT2D eigenvalue weighted by Crippen LogP contribution is 2.31. The third kappa shape index (κ3) is 4.10. The van der Waals surface area contributed by atoms with Crippen LogP contribution in [0.25, 0.3) is 0 Å². The molecule has 0 aliphatic heterocycles. The highest BCUT2D eigenvalue weighted by atomic mass is 35.5. The first kappa shape index (κ1) is 15.1. The Kier molecular flexibility index (Phi) is 5.00. The van der Waals surface area contributed by atoms with E-state index in [1.165, 1.54) is 12.1 Å². The second kappa shape index (κ2) is 6.95. The summed E-state index contributed by atoms with van der Waals surface area (Å²) in [5, 5.41) is 9.35. The van der Waals surface area contributed by atoms with E-state index in [0.717, 1.165) is 18.4 Å². The molecule has 0 saturated carbocycles. The van der Waals surface area contributed by atoms with Crippen molar-refractivity contribution in [2.45, 2.75) is 12.8 Å². The first-order chi connectivity index (χ1) is 10.1. The molecule has 0 saturated heterocycles. The maximum atomic E-state index is 11.2. The van der Waals surface area contributed by atoms with E-state index < -0.39 is 5.97 Å². The Hall–Kier alpha value is -2.27. The molecule has 5 nitrogen and oxygen atoms in total. The van der Waals surface area contributed by atoms with Crippen LogP contribution < -0.4 is 10.5 Å². The number of pyridine rings is 1. The van der Waals surface area contributed by atoms with E-state index in [9.17, 15) is 4.79 Å². The van der Waals surface area contributed by atoms with Crippen molar-refractivity contribution in [1.82, 2.24) is 4.98 Å². The van der Waals surface area contributed by atoms with E-state index in [1.54, 1.807) is 12.4 Å². The van der Waals surface area contributed by atoms with Gasteiger partial charge in [0.25, 0.3) is 0 Å². The number of nitrogens with zero attached hydrogens (tertiary/aromatic N) is 1. The van der Waals surface area contributed by atoms with E-state index in [-0.39, 0.29) is 16.3 Å². The van der Waals surface area contributed by atoms with Gasteiger partial charge in [0.05, 0.1) is 11.6 Å². The normalized spacial score (nSPS) is 10.3. The number of halogens is 1. The minimum Gasteiger partial charge on any atom is -0.491 e. The number of benzene rings is 1. The number of anilines is 1. The predicted octanol–water partition coefficient (Wildman–Crippen LogP) is 3.03. The van der Waals surface area contributed by atoms with Crippen LogP contribution in [0, 0.1) is 0 Å². The third-order valence-electron chi connectivity index (χ3n) is 2.90. The highest BCUT2D eigenvalue weighted by molar-refractivity contribution is 6.33. The molecule has 0 spiro atoms. The Labute approximate surface area is 127 Å². The maximum absolute atomic E-state index is 11.2. The van der Waals surface area contributed by atoms with Crippen molar-refractivity contribution in [2.75, 3.05) is 12.3 Å². The smallest absolute Gasteiger partial charge is 0.339 e. The molecule has 0 atom stereocenters. The summed E-state index contributed by atoms with van der Waals surface area (Å²) < 4.78 is 5.52. The van der Waals surface area contributed by atoms with Crippen molar-refractivity contribution in [2.24, 2.45) is 0 Å². The van der Waals surface area contributed by atoms with Crippen LogP contribution in [0.1, 0.15) is 22.3 Å². The third-order valence-corrected chi connectivity index (χ3v) is 3.18. The molecule has 110 valence electrons. The minimum atomic E-state index is -1.12. The summed E-state index contributed by atoms with van der Waals surface area (Å²) in [6, 6.07) is 6.68. The molecule has 0 aliphatic rings. The second-order valence-corrected chi connectivity index (χ2v) is 4.90. The van der Waals surface area contributed by atoms with Gasteiger partial charge in [0.1, 0.15) is 5.56 Å². The molecule has 21 heavy (non-hydrogen) atoms. The van der Waals surface area contributed by atoms with Gasteiger partial charge in [-0.05, 0) is 42.7 Å². The molecule has 0 amide bonds. The first-order valence-electron chi connectivity index (χ1n) is 6.42. The van der Waals surface area contributed by atoms with Gasteiger partial charge in [-0.3, -0.25) is 4.98 Å². The molecular weight excluding hydrogens is 292 g/mol. The van der Waals surface area contributed by atoms with Crippen molar-refractivity contribution >= 4 is 23.3 Å². The zero-order chi connectivity index (χ0) is 15.2. The second-order valence-electron chi connectivity index (χ2n) is 4.49. The number of aryl methyl sites for hydroxylation is 1. The van der Waals surface area contributed by atoms with Crippen molar-refractivity contribution in [1.29, 1.82) is 0 Å². The lowest BCUT2D eigenvalue weighted by Gasteiger charge is -2.12. The monoisotopic (exact) mass is 306 g/mol.